The van der Waals surface area contributed by atoms with Crippen molar-refractivity contribution in [2.75, 3.05) is 13.1 Å². The molecule has 0 spiro atoms. The van der Waals surface area contributed by atoms with Crippen molar-refractivity contribution in [2.45, 2.75) is 39.2 Å². The van der Waals surface area contributed by atoms with E-state index in [1.807, 2.05) is 5.48 Å². The topological polar surface area (TPSA) is 76.7 Å². The molecule has 0 atom stereocenters. The Balaban J connectivity index is 2.25. The van der Waals surface area contributed by atoms with Crippen LogP contribution in [0.15, 0.2) is 0 Å². The molecule has 0 bridgehead atoms. The van der Waals surface area contributed by atoms with Gasteiger partial charge >= 0.3 is 12.1 Å². The van der Waals surface area contributed by atoms with E-state index >= 15 is 0 Å². The lowest BCUT2D eigenvalue weighted by atomic mass is 9.99. The van der Waals surface area contributed by atoms with Gasteiger partial charge < -0.3 is 14.9 Å². The second-order valence-electron chi connectivity index (χ2n) is 5.05. The molecular weight excluding hydrogens is 224 g/mol. The zero-order valence-corrected chi connectivity index (χ0v) is 10.5. The van der Waals surface area contributed by atoms with Crippen molar-refractivity contribution < 1.29 is 19.2 Å². The smallest absolute Gasteiger partial charge is 0.441 e. The van der Waals surface area contributed by atoms with Gasteiger partial charge in [0.1, 0.15) is 5.60 Å². The van der Waals surface area contributed by atoms with Crippen LogP contribution in [0.2, 0.25) is 0 Å². The lowest BCUT2D eigenvalue weighted by molar-refractivity contribution is -0.156. The third kappa shape index (κ3) is 5.53. The van der Waals surface area contributed by atoms with Crippen LogP contribution in [0.25, 0.3) is 0 Å². The van der Waals surface area contributed by atoms with Gasteiger partial charge in [0.05, 0.1) is 5.92 Å². The molecule has 1 rings (SSSR count). The molecule has 0 aromatic rings. The van der Waals surface area contributed by atoms with Gasteiger partial charge in [-0.1, -0.05) is 0 Å². The van der Waals surface area contributed by atoms with Crippen LogP contribution < -0.4 is 10.8 Å². The van der Waals surface area contributed by atoms with E-state index in [1.54, 1.807) is 20.8 Å². The molecule has 17 heavy (non-hydrogen) atoms. The Morgan fingerprint density at radius 1 is 1.24 bits per heavy atom. The summed E-state index contributed by atoms with van der Waals surface area (Å²) in [7, 11) is 0. The molecule has 0 radical (unpaired) electrons. The summed E-state index contributed by atoms with van der Waals surface area (Å²) < 4.78 is 4.94. The van der Waals surface area contributed by atoms with Crippen LogP contribution in [0.4, 0.5) is 4.79 Å². The minimum absolute atomic E-state index is 0.147. The van der Waals surface area contributed by atoms with Crippen molar-refractivity contribution in [2.24, 2.45) is 5.92 Å². The fourth-order valence-electron chi connectivity index (χ4n) is 1.53. The molecule has 6 heteroatoms. The normalized spacial score (nSPS) is 17.4. The first-order chi connectivity index (χ1) is 7.88. The Bertz CT molecular complexity index is 280. The van der Waals surface area contributed by atoms with Gasteiger partial charge in [-0.15, -0.1) is 5.48 Å². The van der Waals surface area contributed by atoms with E-state index in [4.69, 9.17) is 9.57 Å². The second-order valence-corrected chi connectivity index (χ2v) is 5.05. The molecule has 2 N–H and O–H groups in total. The summed E-state index contributed by atoms with van der Waals surface area (Å²) in [6.45, 7) is 6.81. The number of carbonyl (C=O) groups is 2. The van der Waals surface area contributed by atoms with Crippen LogP contribution in [0, 0.1) is 5.92 Å². The van der Waals surface area contributed by atoms with E-state index in [9.17, 15) is 9.59 Å². The fourth-order valence-corrected chi connectivity index (χ4v) is 1.53. The number of nitrogens with one attached hydrogen (secondary N) is 2. The van der Waals surface area contributed by atoms with Crippen molar-refractivity contribution in [3.63, 3.8) is 0 Å². The molecule has 0 aromatic heterocycles. The van der Waals surface area contributed by atoms with Crippen LogP contribution in [-0.2, 0) is 14.4 Å². The van der Waals surface area contributed by atoms with Crippen molar-refractivity contribution >= 4 is 12.1 Å². The molecule has 1 heterocycles. The van der Waals surface area contributed by atoms with Crippen molar-refractivity contribution in [1.29, 1.82) is 0 Å². The number of hydrogen-bond donors (Lipinski definition) is 2. The van der Waals surface area contributed by atoms with Crippen LogP contribution in [-0.4, -0.2) is 30.8 Å². The van der Waals surface area contributed by atoms with Crippen molar-refractivity contribution in [3.05, 3.63) is 0 Å². The molecule has 98 valence electrons. The highest BCUT2D eigenvalue weighted by Gasteiger charge is 2.24. The second kappa shape index (κ2) is 5.86. The molecule has 6 nitrogen and oxygen atoms in total. The third-order valence-corrected chi connectivity index (χ3v) is 2.31. The van der Waals surface area contributed by atoms with Gasteiger partial charge in [-0.2, -0.15) is 0 Å². The molecule has 0 aliphatic carbocycles. The summed E-state index contributed by atoms with van der Waals surface area (Å²) in [5.41, 5.74) is 1.40. The Labute approximate surface area is 101 Å². The Hall–Kier alpha value is -1.30. The fraction of sp³-hybridized carbons (Fsp3) is 0.818. The lowest BCUT2D eigenvalue weighted by Crippen LogP contribution is -2.38. The first-order valence-corrected chi connectivity index (χ1v) is 5.79. The number of rotatable bonds is 1. The monoisotopic (exact) mass is 244 g/mol. The highest BCUT2D eigenvalue weighted by Crippen LogP contribution is 2.13. The van der Waals surface area contributed by atoms with Crippen LogP contribution in [0.3, 0.4) is 0 Å². The Kier molecular flexibility index (Phi) is 4.74. The number of carbonyl (C=O) groups excluding carboxylic acids is 2. The number of amides is 1. The Morgan fingerprint density at radius 3 is 2.35 bits per heavy atom. The number of hydrogen-bond acceptors (Lipinski definition) is 5. The standard InChI is InChI=1S/C11H20N2O4/c1-11(2,3)16-10(15)13-17-9(14)8-4-6-12-7-5-8/h8,12H,4-7H2,1-3H3,(H,13,15). The van der Waals surface area contributed by atoms with Gasteiger partial charge in [0, 0.05) is 0 Å². The van der Waals surface area contributed by atoms with Gasteiger partial charge in [-0.05, 0) is 46.7 Å². The van der Waals surface area contributed by atoms with E-state index in [-0.39, 0.29) is 5.92 Å². The van der Waals surface area contributed by atoms with Crippen molar-refractivity contribution in [3.8, 4) is 0 Å². The van der Waals surface area contributed by atoms with Gasteiger partial charge in [0.25, 0.3) is 0 Å². The highest BCUT2D eigenvalue weighted by molar-refractivity contribution is 5.75. The summed E-state index contributed by atoms with van der Waals surface area (Å²) in [5, 5.41) is 3.15. The number of piperidine rings is 1. The SMILES string of the molecule is CC(C)(C)OC(=O)NOC(=O)C1CCNCC1. The van der Waals surface area contributed by atoms with E-state index in [1.165, 1.54) is 0 Å². The number of ether oxygens (including phenoxy) is 1. The molecule has 0 saturated carbocycles. The average molecular weight is 244 g/mol. The minimum atomic E-state index is -0.750. The lowest BCUT2D eigenvalue weighted by Gasteiger charge is -2.22. The summed E-state index contributed by atoms with van der Waals surface area (Å²) in [5.74, 6) is -0.552. The first-order valence-electron chi connectivity index (χ1n) is 5.79. The van der Waals surface area contributed by atoms with Crippen LogP contribution in [0.1, 0.15) is 33.6 Å². The van der Waals surface area contributed by atoms with Gasteiger partial charge in [-0.3, -0.25) is 0 Å². The van der Waals surface area contributed by atoms with E-state index < -0.39 is 17.7 Å². The van der Waals surface area contributed by atoms with E-state index in [2.05, 4.69) is 5.32 Å². The molecule has 1 aliphatic rings. The zero-order valence-electron chi connectivity index (χ0n) is 10.5. The maximum atomic E-state index is 11.5. The zero-order chi connectivity index (χ0) is 12.9. The summed E-state index contributed by atoms with van der Waals surface area (Å²) in [6, 6.07) is 0. The van der Waals surface area contributed by atoms with E-state index in [0.29, 0.717) is 0 Å². The maximum absolute atomic E-state index is 11.5. The predicted octanol–water partition coefficient (Wildman–Crippen LogP) is 0.969. The molecule has 0 unspecified atom stereocenters. The van der Waals surface area contributed by atoms with Crippen LogP contribution in [0.5, 0.6) is 0 Å². The number of hydroxylamine groups is 1. The third-order valence-electron chi connectivity index (χ3n) is 2.31. The maximum Gasteiger partial charge on any atom is 0.441 e. The van der Waals surface area contributed by atoms with Crippen LogP contribution >= 0.6 is 0 Å². The molecule has 1 amide bonds. The van der Waals surface area contributed by atoms with Gasteiger partial charge in [0.2, 0.25) is 0 Å². The largest absolute Gasteiger partial charge is 0.442 e. The van der Waals surface area contributed by atoms with Gasteiger partial charge in [0.15, 0.2) is 0 Å². The summed E-state index contributed by atoms with van der Waals surface area (Å²) in [6.07, 6.45) is 0.712. The quantitative estimate of drug-likeness (QED) is 0.672. The molecular formula is C11H20N2O4. The van der Waals surface area contributed by atoms with Gasteiger partial charge in [-0.25, -0.2) is 9.59 Å². The molecule has 1 aliphatic heterocycles. The molecule has 1 fully saturated rings. The molecule has 1 saturated heterocycles. The van der Waals surface area contributed by atoms with E-state index in [0.717, 1.165) is 25.9 Å². The average Bonchev–Trinajstić information content (AvgIpc) is 2.25. The highest BCUT2D eigenvalue weighted by atomic mass is 16.7. The summed E-state index contributed by atoms with van der Waals surface area (Å²) in [4.78, 5) is 27.5. The summed E-state index contributed by atoms with van der Waals surface area (Å²) >= 11 is 0. The Morgan fingerprint density at radius 2 is 1.82 bits per heavy atom. The first kappa shape index (κ1) is 13.8. The van der Waals surface area contributed by atoms with Crippen molar-refractivity contribution in [1.82, 2.24) is 10.8 Å². The molecule has 0 aromatic carbocycles. The predicted molar refractivity (Wildman–Crippen MR) is 61.1 cm³/mol. The minimum Gasteiger partial charge on any atom is -0.442 e.